The van der Waals surface area contributed by atoms with Crippen molar-refractivity contribution < 1.29 is 19.1 Å². The molecule has 0 radical (unpaired) electrons. The Morgan fingerprint density at radius 3 is 2.39 bits per heavy atom. The van der Waals surface area contributed by atoms with E-state index in [-0.39, 0.29) is 18.3 Å². The van der Waals surface area contributed by atoms with Crippen LogP contribution >= 0.6 is 11.6 Å². The van der Waals surface area contributed by atoms with E-state index in [1.165, 1.54) is 0 Å². The molecule has 0 saturated heterocycles. The number of rotatable bonds is 7. The predicted octanol–water partition coefficient (Wildman–Crippen LogP) is 4.86. The van der Waals surface area contributed by atoms with Crippen LogP contribution in [-0.4, -0.2) is 25.4 Å². The third-order valence-electron chi connectivity index (χ3n) is 3.99. The van der Waals surface area contributed by atoms with Gasteiger partial charge in [-0.3, -0.25) is 9.59 Å². The van der Waals surface area contributed by atoms with Crippen molar-refractivity contribution in [2.45, 2.75) is 0 Å². The topological polar surface area (TPSA) is 64.6 Å². The van der Waals surface area contributed by atoms with E-state index in [0.29, 0.717) is 33.3 Å². The lowest BCUT2D eigenvalue weighted by atomic mass is 10.1. The fourth-order valence-electron chi connectivity index (χ4n) is 2.51. The van der Waals surface area contributed by atoms with Crippen LogP contribution in [0, 0.1) is 0 Å². The summed E-state index contributed by atoms with van der Waals surface area (Å²) in [5, 5.41) is 3.16. The average Bonchev–Trinajstić information content (AvgIpc) is 2.73. The number of ether oxygens (including phenoxy) is 2. The fourth-order valence-corrected chi connectivity index (χ4v) is 2.73. The van der Waals surface area contributed by atoms with Crippen LogP contribution in [0.4, 0.5) is 5.69 Å². The molecule has 0 spiro atoms. The molecule has 0 heterocycles. The van der Waals surface area contributed by atoms with Gasteiger partial charge in [0.25, 0.3) is 5.91 Å². The van der Waals surface area contributed by atoms with Crippen molar-refractivity contribution in [2.75, 3.05) is 19.0 Å². The van der Waals surface area contributed by atoms with E-state index in [9.17, 15) is 9.59 Å². The van der Waals surface area contributed by atoms with Crippen molar-refractivity contribution >= 4 is 29.0 Å². The maximum atomic E-state index is 12.3. The van der Waals surface area contributed by atoms with Gasteiger partial charge in [0, 0.05) is 11.3 Å². The SMILES string of the molecule is COc1cccc(C(=O)COc2ccc(NC(=O)c3ccccc3Cl)cc2)c1. The molecule has 5 nitrogen and oxygen atoms in total. The summed E-state index contributed by atoms with van der Waals surface area (Å²) in [6, 6.07) is 20.5. The smallest absolute Gasteiger partial charge is 0.257 e. The highest BCUT2D eigenvalue weighted by Crippen LogP contribution is 2.20. The minimum atomic E-state index is -0.299. The molecule has 28 heavy (non-hydrogen) atoms. The number of hydrogen-bond acceptors (Lipinski definition) is 4. The first-order chi connectivity index (χ1) is 13.6. The molecule has 0 aromatic heterocycles. The molecule has 0 unspecified atom stereocenters. The Morgan fingerprint density at radius 1 is 0.929 bits per heavy atom. The number of carbonyl (C=O) groups is 2. The molecule has 1 N–H and O–H groups in total. The Labute approximate surface area is 167 Å². The first kappa shape index (κ1) is 19.5. The monoisotopic (exact) mass is 395 g/mol. The molecular formula is C22H18ClNO4. The predicted molar refractivity (Wildman–Crippen MR) is 109 cm³/mol. The Morgan fingerprint density at radius 2 is 1.68 bits per heavy atom. The van der Waals surface area contributed by atoms with Crippen LogP contribution in [0.15, 0.2) is 72.8 Å². The van der Waals surface area contributed by atoms with E-state index >= 15 is 0 Å². The number of anilines is 1. The van der Waals surface area contributed by atoms with Crippen LogP contribution in [-0.2, 0) is 0 Å². The van der Waals surface area contributed by atoms with Gasteiger partial charge in [-0.05, 0) is 48.5 Å². The summed E-state index contributed by atoms with van der Waals surface area (Å²) in [6.45, 7) is -0.0987. The molecule has 3 aromatic carbocycles. The summed E-state index contributed by atoms with van der Waals surface area (Å²) in [6.07, 6.45) is 0. The van der Waals surface area contributed by atoms with Gasteiger partial charge in [0.2, 0.25) is 0 Å². The standard InChI is InChI=1S/C22H18ClNO4/c1-27-18-6-4-5-15(13-18)21(25)14-28-17-11-9-16(10-12-17)24-22(26)19-7-2-3-8-20(19)23/h2-13H,14H2,1H3,(H,24,26). The molecule has 0 saturated carbocycles. The summed E-state index contributed by atoms with van der Waals surface area (Å²) >= 11 is 6.03. The highest BCUT2D eigenvalue weighted by atomic mass is 35.5. The summed E-state index contributed by atoms with van der Waals surface area (Å²) in [7, 11) is 1.55. The van der Waals surface area contributed by atoms with Crippen molar-refractivity contribution in [1.82, 2.24) is 0 Å². The van der Waals surface area contributed by atoms with Crippen molar-refractivity contribution in [1.29, 1.82) is 0 Å². The van der Waals surface area contributed by atoms with Crippen molar-refractivity contribution in [3.8, 4) is 11.5 Å². The normalized spacial score (nSPS) is 10.2. The number of benzene rings is 3. The second kappa shape index (κ2) is 9.06. The van der Waals surface area contributed by atoms with Crippen LogP contribution in [0.25, 0.3) is 0 Å². The number of methoxy groups -OCH3 is 1. The van der Waals surface area contributed by atoms with Crippen molar-refractivity contribution in [3.05, 3.63) is 88.9 Å². The Kier molecular flexibility index (Phi) is 6.29. The maximum absolute atomic E-state index is 12.3. The van der Waals surface area contributed by atoms with Gasteiger partial charge in [0.15, 0.2) is 12.4 Å². The number of halogens is 1. The zero-order valence-electron chi connectivity index (χ0n) is 15.1. The summed E-state index contributed by atoms with van der Waals surface area (Å²) < 4.78 is 10.7. The van der Waals surface area contributed by atoms with Gasteiger partial charge in [0.05, 0.1) is 17.7 Å². The van der Waals surface area contributed by atoms with E-state index in [2.05, 4.69) is 5.32 Å². The Balaban J connectivity index is 1.58. The summed E-state index contributed by atoms with van der Waals surface area (Å²) in [5.41, 5.74) is 1.51. The van der Waals surface area contributed by atoms with E-state index in [0.717, 1.165) is 0 Å². The number of nitrogens with one attached hydrogen (secondary N) is 1. The quantitative estimate of drug-likeness (QED) is 0.580. The summed E-state index contributed by atoms with van der Waals surface area (Å²) in [5.74, 6) is 0.680. The number of ketones is 1. The van der Waals surface area contributed by atoms with E-state index < -0.39 is 0 Å². The molecular weight excluding hydrogens is 378 g/mol. The van der Waals surface area contributed by atoms with Crippen LogP contribution in [0.5, 0.6) is 11.5 Å². The van der Waals surface area contributed by atoms with Gasteiger partial charge in [-0.1, -0.05) is 35.9 Å². The summed E-state index contributed by atoms with van der Waals surface area (Å²) in [4.78, 5) is 24.5. The maximum Gasteiger partial charge on any atom is 0.257 e. The highest BCUT2D eigenvalue weighted by molar-refractivity contribution is 6.34. The van der Waals surface area contributed by atoms with Crippen molar-refractivity contribution in [2.24, 2.45) is 0 Å². The van der Waals surface area contributed by atoms with Crippen LogP contribution in [0.2, 0.25) is 5.02 Å². The van der Waals surface area contributed by atoms with Gasteiger partial charge in [-0.15, -0.1) is 0 Å². The lowest BCUT2D eigenvalue weighted by Crippen LogP contribution is -2.13. The van der Waals surface area contributed by atoms with Gasteiger partial charge < -0.3 is 14.8 Å². The van der Waals surface area contributed by atoms with Gasteiger partial charge >= 0.3 is 0 Å². The highest BCUT2D eigenvalue weighted by Gasteiger charge is 2.11. The number of hydrogen-bond donors (Lipinski definition) is 1. The lowest BCUT2D eigenvalue weighted by Gasteiger charge is -2.09. The lowest BCUT2D eigenvalue weighted by molar-refractivity contribution is 0.0921. The molecule has 6 heteroatoms. The molecule has 0 aliphatic heterocycles. The molecule has 142 valence electrons. The number of Topliss-reactive ketones (excluding diaryl/α,β-unsaturated/α-hetero) is 1. The first-order valence-electron chi connectivity index (χ1n) is 8.53. The van der Waals surface area contributed by atoms with Crippen molar-refractivity contribution in [3.63, 3.8) is 0 Å². The zero-order valence-corrected chi connectivity index (χ0v) is 15.9. The average molecular weight is 396 g/mol. The van der Waals surface area contributed by atoms with Crippen LogP contribution < -0.4 is 14.8 Å². The fraction of sp³-hybridized carbons (Fsp3) is 0.0909. The Hall–Kier alpha value is -3.31. The molecule has 0 bridgehead atoms. The molecule has 3 aromatic rings. The molecule has 0 aliphatic carbocycles. The second-order valence-electron chi connectivity index (χ2n) is 5.90. The van der Waals surface area contributed by atoms with E-state index in [1.807, 2.05) is 0 Å². The molecule has 0 aliphatic rings. The number of carbonyl (C=O) groups excluding carboxylic acids is 2. The first-order valence-corrected chi connectivity index (χ1v) is 8.90. The third-order valence-corrected chi connectivity index (χ3v) is 4.32. The number of amides is 1. The molecule has 3 rings (SSSR count). The van der Waals surface area contributed by atoms with E-state index in [1.54, 1.807) is 79.9 Å². The third kappa shape index (κ3) is 4.90. The van der Waals surface area contributed by atoms with Crippen LogP contribution in [0.1, 0.15) is 20.7 Å². The molecule has 1 amide bonds. The largest absolute Gasteiger partial charge is 0.497 e. The molecule has 0 atom stereocenters. The van der Waals surface area contributed by atoms with E-state index in [4.69, 9.17) is 21.1 Å². The van der Waals surface area contributed by atoms with Gasteiger partial charge in [0.1, 0.15) is 11.5 Å². The minimum absolute atomic E-state index is 0.0987. The minimum Gasteiger partial charge on any atom is -0.497 e. The molecule has 0 fully saturated rings. The van der Waals surface area contributed by atoms with Crippen LogP contribution in [0.3, 0.4) is 0 Å². The second-order valence-corrected chi connectivity index (χ2v) is 6.31. The zero-order chi connectivity index (χ0) is 19.9. The Bertz CT molecular complexity index is 986. The van der Waals surface area contributed by atoms with Gasteiger partial charge in [-0.25, -0.2) is 0 Å². The van der Waals surface area contributed by atoms with Gasteiger partial charge in [-0.2, -0.15) is 0 Å².